The summed E-state index contributed by atoms with van der Waals surface area (Å²) in [5, 5.41) is 7.80. The first-order valence-electron chi connectivity index (χ1n) is 5.26. The summed E-state index contributed by atoms with van der Waals surface area (Å²) in [4.78, 5) is 4.46. The van der Waals surface area contributed by atoms with Crippen LogP contribution >= 0.6 is 0 Å². The van der Waals surface area contributed by atoms with Gasteiger partial charge >= 0.3 is 0 Å². The summed E-state index contributed by atoms with van der Waals surface area (Å²) >= 11 is 0. The van der Waals surface area contributed by atoms with Crippen LogP contribution in [0.3, 0.4) is 0 Å². The zero-order valence-electron chi connectivity index (χ0n) is 11.3. The summed E-state index contributed by atoms with van der Waals surface area (Å²) in [6.45, 7) is 0. The van der Waals surface area contributed by atoms with E-state index in [-0.39, 0.29) is 35.3 Å². The molecule has 0 radical (unpaired) electrons. The first kappa shape index (κ1) is 17.6. The molecule has 0 fully saturated rings. The number of nitrogens with zero attached hydrogens (tertiary/aromatic N) is 2. The molecule has 0 saturated heterocycles. The van der Waals surface area contributed by atoms with Gasteiger partial charge in [0.15, 0.2) is 0 Å². The van der Waals surface area contributed by atoms with E-state index < -0.39 is 0 Å². The van der Waals surface area contributed by atoms with Crippen molar-refractivity contribution in [1.29, 1.82) is 0 Å². The fraction of sp³-hybridized carbons (Fsp3) is 0.0625. The van der Waals surface area contributed by atoms with Crippen molar-refractivity contribution in [3.63, 3.8) is 0 Å². The van der Waals surface area contributed by atoms with Gasteiger partial charge in [-0.05, 0) is 16.8 Å². The van der Waals surface area contributed by atoms with E-state index in [0.717, 1.165) is 22.0 Å². The van der Waals surface area contributed by atoms with E-state index >= 15 is 0 Å². The average Bonchev–Trinajstić information content (AvgIpc) is 2.37. The second kappa shape index (κ2) is 7.23. The molecule has 2 nitrogen and oxygen atoms in total. The van der Waals surface area contributed by atoms with E-state index in [4.69, 9.17) is 0 Å². The van der Waals surface area contributed by atoms with Crippen LogP contribution in [0.5, 0.6) is 0 Å². The quantitative estimate of drug-likeness (QED) is 0.350. The molecule has 0 aliphatic rings. The van der Waals surface area contributed by atoms with E-state index in [1.54, 1.807) is 0 Å². The normalized spacial score (nSPS) is 9.11. The molecule has 1 heterocycles. The fourth-order valence-electron chi connectivity index (χ4n) is 2.08. The fourth-order valence-corrected chi connectivity index (χ4v) is 2.08. The van der Waals surface area contributed by atoms with Gasteiger partial charge in [0, 0.05) is 32.0 Å². The Morgan fingerprint density at radius 2 is 1.58 bits per heavy atom. The molecule has 3 aromatic rings. The number of hydrogen-bond acceptors (Lipinski definition) is 1. The molecule has 0 N–H and O–H groups in total. The van der Waals surface area contributed by atoms with Gasteiger partial charge in [0.05, 0.1) is 5.52 Å². The van der Waals surface area contributed by atoms with Crippen LogP contribution in [-0.2, 0) is 20.4 Å². The molecule has 0 unspecified atom stereocenters. The van der Waals surface area contributed by atoms with Crippen LogP contribution in [0.4, 0.5) is 5.69 Å². The Labute approximate surface area is 128 Å². The number of pyridine rings is 1. The molecule has 0 saturated carbocycles. The van der Waals surface area contributed by atoms with Crippen molar-refractivity contribution in [2.45, 2.75) is 0 Å². The molecule has 19 heavy (non-hydrogen) atoms. The first-order valence-corrected chi connectivity index (χ1v) is 5.26. The van der Waals surface area contributed by atoms with Crippen LogP contribution in [0, 0.1) is 14.9 Å². The molecule has 0 amide bonds. The van der Waals surface area contributed by atoms with E-state index in [1.165, 1.54) is 5.39 Å². The van der Waals surface area contributed by atoms with Crippen molar-refractivity contribution < 1.29 is 20.4 Å². The maximum Gasteiger partial charge on any atom is 0.0767 e. The molecule has 2 aromatic carbocycles. The maximum absolute atomic E-state index is 4.46. The van der Waals surface area contributed by atoms with Crippen molar-refractivity contribution in [2.24, 2.45) is 0 Å². The van der Waals surface area contributed by atoms with Gasteiger partial charge in [-0.2, -0.15) is 0 Å². The van der Waals surface area contributed by atoms with Crippen LogP contribution in [0.15, 0.2) is 48.7 Å². The molecule has 104 valence electrons. The number of aromatic nitrogens is 1. The minimum absolute atomic E-state index is 0. The van der Waals surface area contributed by atoms with Gasteiger partial charge in [0.1, 0.15) is 0 Å². The van der Waals surface area contributed by atoms with E-state index in [2.05, 4.69) is 34.6 Å². The van der Waals surface area contributed by atoms with Gasteiger partial charge in [-0.1, -0.05) is 36.4 Å². The first-order chi connectivity index (χ1) is 7.90. The molecule has 1 aromatic heterocycles. The van der Waals surface area contributed by atoms with Crippen molar-refractivity contribution in [3.8, 4) is 0 Å². The summed E-state index contributed by atoms with van der Waals surface area (Å²) in [5.74, 6) is 0. The summed E-state index contributed by atoms with van der Waals surface area (Å²) < 4.78 is 0. The molecule has 0 aliphatic carbocycles. The molecule has 3 rings (SSSR count). The Balaban J connectivity index is 0.00000108. The minimum atomic E-state index is 0. The molecule has 0 bridgehead atoms. The van der Waals surface area contributed by atoms with Crippen molar-refractivity contribution in [3.05, 3.63) is 68.8 Å². The molecule has 0 spiro atoms. The van der Waals surface area contributed by atoms with Gasteiger partial charge in [-0.3, -0.25) is 4.98 Å². The second-order valence-corrected chi connectivity index (χ2v) is 3.74. The predicted octanol–water partition coefficient (Wildman–Crippen LogP) is 4.92. The molecule has 0 aliphatic heterocycles. The molecular weight excluding hydrogens is 327 g/mol. The Bertz CT molecular complexity index is 665. The SMILES string of the molecule is C[N-]c1cccc2ccc3cccnc3c12.[CH3-].[CH3-].[Pd]. The van der Waals surface area contributed by atoms with Gasteiger partial charge in [0.2, 0.25) is 0 Å². The van der Waals surface area contributed by atoms with Crippen LogP contribution < -0.4 is 0 Å². The monoisotopic (exact) mass is 343 g/mol. The Morgan fingerprint density at radius 1 is 0.895 bits per heavy atom. The van der Waals surface area contributed by atoms with Crippen LogP contribution in [0.1, 0.15) is 0 Å². The standard InChI is InChI=1S/C14H11N2.2CH3.Pd/c1-15-12-6-2-4-10-7-8-11-5-3-9-16-14(11)13(10)12;;;/h2-9H,1H3;2*1H3;/q3*-1;. The predicted molar refractivity (Wildman–Crippen MR) is 81.0 cm³/mol. The Kier molecular flexibility index (Phi) is 6.69. The summed E-state index contributed by atoms with van der Waals surface area (Å²) in [7, 11) is 1.82. The third kappa shape index (κ3) is 2.94. The largest absolute Gasteiger partial charge is 0.686 e. The summed E-state index contributed by atoms with van der Waals surface area (Å²) in [5.41, 5.74) is 2.03. The smallest absolute Gasteiger partial charge is 0.0767 e. The zero-order chi connectivity index (χ0) is 11.0. The zero-order valence-corrected chi connectivity index (χ0v) is 12.9. The number of fused-ring (bicyclic) bond motifs is 3. The average molecular weight is 344 g/mol. The van der Waals surface area contributed by atoms with E-state index in [0.29, 0.717) is 0 Å². The topological polar surface area (TPSA) is 27.0 Å². The van der Waals surface area contributed by atoms with E-state index in [9.17, 15) is 0 Å². The summed E-state index contributed by atoms with van der Waals surface area (Å²) in [6.07, 6.45) is 1.83. The molecule has 3 heteroatoms. The Morgan fingerprint density at radius 3 is 2.32 bits per heavy atom. The van der Waals surface area contributed by atoms with Gasteiger partial charge in [0.25, 0.3) is 0 Å². The second-order valence-electron chi connectivity index (χ2n) is 3.74. The number of benzene rings is 2. The van der Waals surface area contributed by atoms with Crippen LogP contribution in [0.25, 0.3) is 27.0 Å². The van der Waals surface area contributed by atoms with Crippen molar-refractivity contribution >= 4 is 27.4 Å². The van der Waals surface area contributed by atoms with Gasteiger partial charge in [-0.15, -0.1) is 12.7 Å². The maximum atomic E-state index is 4.46. The van der Waals surface area contributed by atoms with Crippen molar-refractivity contribution in [1.82, 2.24) is 4.98 Å². The third-order valence-electron chi connectivity index (χ3n) is 2.83. The van der Waals surface area contributed by atoms with Crippen molar-refractivity contribution in [2.75, 3.05) is 7.05 Å². The number of rotatable bonds is 1. The van der Waals surface area contributed by atoms with Gasteiger partial charge in [-0.25, -0.2) is 0 Å². The van der Waals surface area contributed by atoms with Gasteiger partial charge < -0.3 is 20.2 Å². The Hall–Kier alpha value is -1.43. The summed E-state index contributed by atoms with van der Waals surface area (Å²) in [6, 6.07) is 14.4. The minimum Gasteiger partial charge on any atom is -0.686 e. The van der Waals surface area contributed by atoms with Crippen LogP contribution in [-0.4, -0.2) is 12.0 Å². The molecular formula is C16H17N2Pd-3. The van der Waals surface area contributed by atoms with E-state index in [1.807, 2.05) is 31.4 Å². The third-order valence-corrected chi connectivity index (χ3v) is 2.83. The van der Waals surface area contributed by atoms with Crippen LogP contribution in [0.2, 0.25) is 0 Å². The number of hydrogen-bond donors (Lipinski definition) is 0. The molecule has 0 atom stereocenters.